The summed E-state index contributed by atoms with van der Waals surface area (Å²) in [7, 11) is -4.29. The van der Waals surface area contributed by atoms with Gasteiger partial charge < -0.3 is 5.11 Å². The van der Waals surface area contributed by atoms with Crippen LogP contribution in [0.25, 0.3) is 0 Å². The van der Waals surface area contributed by atoms with E-state index in [0.29, 0.717) is 4.47 Å². The summed E-state index contributed by atoms with van der Waals surface area (Å²) in [5.74, 6) is -2.37. The zero-order chi connectivity index (χ0) is 15.6. The zero-order valence-corrected chi connectivity index (χ0v) is 12.7. The second-order valence-electron chi connectivity index (χ2n) is 3.96. The average molecular weight is 379 g/mol. The van der Waals surface area contributed by atoms with Gasteiger partial charge in [0.25, 0.3) is 10.0 Å². The number of rotatable bonds is 4. The molecule has 0 bridgehead atoms. The van der Waals surface area contributed by atoms with Crippen LogP contribution in [0.1, 0.15) is 5.56 Å². The number of benzene rings is 1. The first-order valence-electron chi connectivity index (χ1n) is 5.57. The van der Waals surface area contributed by atoms with Gasteiger partial charge in [-0.25, -0.2) is 22.2 Å². The van der Waals surface area contributed by atoms with E-state index in [9.17, 15) is 17.2 Å². The molecule has 0 aliphatic rings. The number of pyridine rings is 1. The molecule has 2 aromatic rings. The first-order valence-corrected chi connectivity index (χ1v) is 7.85. The Balaban J connectivity index is 2.42. The summed E-state index contributed by atoms with van der Waals surface area (Å²) in [5, 5.41) is 8.90. The molecule has 2 N–H and O–H groups in total. The highest BCUT2D eigenvalue weighted by atomic mass is 79.9. The van der Waals surface area contributed by atoms with Crippen molar-refractivity contribution in [1.29, 1.82) is 0 Å². The minimum atomic E-state index is -4.29. The topological polar surface area (TPSA) is 79.3 Å². The van der Waals surface area contributed by atoms with Crippen LogP contribution in [0, 0.1) is 11.6 Å². The van der Waals surface area contributed by atoms with Gasteiger partial charge >= 0.3 is 0 Å². The fraction of sp³-hybridized carbons (Fsp3) is 0.0833. The van der Waals surface area contributed by atoms with Gasteiger partial charge in [0, 0.05) is 10.7 Å². The Morgan fingerprint density at radius 3 is 2.52 bits per heavy atom. The molecule has 0 fully saturated rings. The SMILES string of the molecule is O=S(=O)(Nc1ccc(Br)cn1)c1ccc(F)c(CO)c1F. The Bertz CT molecular complexity index is 767. The van der Waals surface area contributed by atoms with E-state index in [-0.39, 0.29) is 5.82 Å². The van der Waals surface area contributed by atoms with Crippen molar-refractivity contribution in [2.45, 2.75) is 11.5 Å². The van der Waals surface area contributed by atoms with Gasteiger partial charge in [-0.15, -0.1) is 0 Å². The van der Waals surface area contributed by atoms with Crippen LogP contribution in [0.2, 0.25) is 0 Å². The van der Waals surface area contributed by atoms with Gasteiger partial charge in [-0.3, -0.25) is 4.72 Å². The summed E-state index contributed by atoms with van der Waals surface area (Å²) >= 11 is 3.14. The number of aromatic nitrogens is 1. The Morgan fingerprint density at radius 2 is 1.95 bits per heavy atom. The second kappa shape index (κ2) is 6.04. The van der Waals surface area contributed by atoms with Gasteiger partial charge in [-0.05, 0) is 40.2 Å². The van der Waals surface area contributed by atoms with E-state index in [4.69, 9.17) is 5.11 Å². The lowest BCUT2D eigenvalue weighted by atomic mass is 10.2. The van der Waals surface area contributed by atoms with E-state index < -0.39 is 38.7 Å². The number of sulfonamides is 1. The molecule has 1 aromatic heterocycles. The third-order valence-electron chi connectivity index (χ3n) is 2.56. The minimum absolute atomic E-state index is 0.0209. The number of hydrogen-bond acceptors (Lipinski definition) is 4. The van der Waals surface area contributed by atoms with E-state index in [1.807, 2.05) is 0 Å². The first-order chi connectivity index (χ1) is 9.85. The molecule has 0 amide bonds. The first kappa shape index (κ1) is 15.8. The van der Waals surface area contributed by atoms with Gasteiger partial charge in [0.1, 0.15) is 16.5 Å². The fourth-order valence-electron chi connectivity index (χ4n) is 1.56. The third-order valence-corrected chi connectivity index (χ3v) is 4.41. The maximum absolute atomic E-state index is 13.9. The predicted octanol–water partition coefficient (Wildman–Crippen LogP) is 2.42. The number of anilines is 1. The number of hydrogen-bond donors (Lipinski definition) is 2. The number of aliphatic hydroxyl groups is 1. The lowest BCUT2D eigenvalue weighted by Gasteiger charge is -2.10. The molecule has 21 heavy (non-hydrogen) atoms. The van der Waals surface area contributed by atoms with Crippen LogP contribution < -0.4 is 4.72 Å². The molecule has 0 unspecified atom stereocenters. The summed E-state index contributed by atoms with van der Waals surface area (Å²) in [4.78, 5) is 3.03. The normalized spacial score (nSPS) is 11.4. The van der Waals surface area contributed by atoms with Gasteiger partial charge in [0.05, 0.1) is 12.2 Å². The molecule has 0 saturated heterocycles. The summed E-state index contributed by atoms with van der Waals surface area (Å²) in [5.41, 5.74) is -0.707. The fourth-order valence-corrected chi connectivity index (χ4v) is 2.90. The largest absolute Gasteiger partial charge is 0.391 e. The molecule has 2 rings (SSSR count). The number of aliphatic hydroxyl groups excluding tert-OH is 1. The van der Waals surface area contributed by atoms with Crippen molar-refractivity contribution < 1.29 is 22.3 Å². The molecule has 0 saturated carbocycles. The van der Waals surface area contributed by atoms with Crippen LogP contribution in [-0.4, -0.2) is 18.5 Å². The van der Waals surface area contributed by atoms with Crippen LogP contribution in [0.15, 0.2) is 39.8 Å². The summed E-state index contributed by atoms with van der Waals surface area (Å²) in [6.07, 6.45) is 1.36. The van der Waals surface area contributed by atoms with Crippen molar-refractivity contribution in [3.05, 3.63) is 52.1 Å². The Kier molecular flexibility index (Phi) is 4.55. The molecule has 0 spiro atoms. The van der Waals surface area contributed by atoms with E-state index in [0.717, 1.165) is 12.1 Å². The van der Waals surface area contributed by atoms with Crippen molar-refractivity contribution in [3.63, 3.8) is 0 Å². The molecule has 0 aliphatic carbocycles. The van der Waals surface area contributed by atoms with Crippen LogP contribution in [-0.2, 0) is 16.6 Å². The molecule has 9 heteroatoms. The quantitative estimate of drug-likeness (QED) is 0.855. The maximum Gasteiger partial charge on any atom is 0.265 e. The Labute approximate surface area is 127 Å². The highest BCUT2D eigenvalue weighted by molar-refractivity contribution is 9.10. The van der Waals surface area contributed by atoms with Gasteiger partial charge in [-0.1, -0.05) is 0 Å². The summed E-state index contributed by atoms with van der Waals surface area (Å²) in [6.45, 7) is -0.947. The number of nitrogens with one attached hydrogen (secondary N) is 1. The third kappa shape index (κ3) is 3.36. The standard InChI is InChI=1S/C12H9BrF2N2O3S/c13-7-1-4-11(16-5-7)17-21(19,20)10-3-2-9(14)8(6-18)12(10)15/h1-5,18H,6H2,(H,16,17). The number of nitrogens with zero attached hydrogens (tertiary/aromatic N) is 1. The van der Waals surface area contributed by atoms with Crippen molar-refractivity contribution in [2.75, 3.05) is 4.72 Å². The van der Waals surface area contributed by atoms with E-state index in [2.05, 4.69) is 25.6 Å². The maximum atomic E-state index is 13.9. The molecule has 5 nitrogen and oxygen atoms in total. The molecule has 1 aromatic carbocycles. The highest BCUT2D eigenvalue weighted by Gasteiger charge is 2.23. The molecule has 0 atom stereocenters. The van der Waals surface area contributed by atoms with Crippen molar-refractivity contribution in [2.24, 2.45) is 0 Å². The molecular weight excluding hydrogens is 370 g/mol. The number of halogens is 3. The molecular formula is C12H9BrF2N2O3S. The molecule has 1 heterocycles. The molecule has 0 aliphatic heterocycles. The van der Waals surface area contributed by atoms with Crippen LogP contribution in [0.5, 0.6) is 0 Å². The molecule has 112 valence electrons. The van der Waals surface area contributed by atoms with Crippen LogP contribution in [0.4, 0.5) is 14.6 Å². The lowest BCUT2D eigenvalue weighted by Crippen LogP contribution is -2.16. The second-order valence-corrected chi connectivity index (χ2v) is 6.53. The molecule has 0 radical (unpaired) electrons. The summed E-state index contributed by atoms with van der Waals surface area (Å²) in [6, 6.07) is 4.48. The van der Waals surface area contributed by atoms with Crippen LogP contribution in [0.3, 0.4) is 0 Å². The van der Waals surface area contributed by atoms with Crippen LogP contribution >= 0.6 is 15.9 Å². The Morgan fingerprint density at radius 1 is 1.24 bits per heavy atom. The average Bonchev–Trinajstić information content (AvgIpc) is 2.41. The van der Waals surface area contributed by atoms with Crippen molar-refractivity contribution >= 4 is 31.8 Å². The smallest absolute Gasteiger partial charge is 0.265 e. The van der Waals surface area contributed by atoms with E-state index in [1.54, 1.807) is 6.07 Å². The minimum Gasteiger partial charge on any atom is -0.391 e. The van der Waals surface area contributed by atoms with Gasteiger partial charge in [0.15, 0.2) is 5.82 Å². The van der Waals surface area contributed by atoms with Gasteiger partial charge in [-0.2, -0.15) is 0 Å². The van der Waals surface area contributed by atoms with Crippen molar-refractivity contribution in [3.8, 4) is 0 Å². The monoisotopic (exact) mass is 378 g/mol. The zero-order valence-electron chi connectivity index (χ0n) is 10.3. The highest BCUT2D eigenvalue weighted by Crippen LogP contribution is 2.23. The van der Waals surface area contributed by atoms with Crippen molar-refractivity contribution in [1.82, 2.24) is 4.98 Å². The summed E-state index contributed by atoms with van der Waals surface area (Å²) < 4.78 is 54.1. The van der Waals surface area contributed by atoms with E-state index in [1.165, 1.54) is 12.3 Å². The lowest BCUT2D eigenvalue weighted by molar-refractivity contribution is 0.267. The van der Waals surface area contributed by atoms with E-state index >= 15 is 0 Å². The Hall–Kier alpha value is -1.58. The predicted molar refractivity (Wildman–Crippen MR) is 75.0 cm³/mol. The van der Waals surface area contributed by atoms with Gasteiger partial charge in [0.2, 0.25) is 0 Å².